The molecule has 0 radical (unpaired) electrons. The Hall–Kier alpha value is 0.608. The van der Waals surface area contributed by atoms with Gasteiger partial charge in [-0.2, -0.15) is 14.1 Å². The van der Waals surface area contributed by atoms with Gasteiger partial charge in [-0.05, 0) is 27.7 Å². The second kappa shape index (κ2) is 12.6. The Balaban J connectivity index is -0.000000220. The summed E-state index contributed by atoms with van der Waals surface area (Å²) >= 11 is 0. The fraction of sp³-hybridized carbons (Fsp3) is 0.900. The molecule has 0 fully saturated rings. The van der Waals surface area contributed by atoms with Crippen LogP contribution in [0.4, 0.5) is 0 Å². The zero-order valence-corrected chi connectivity index (χ0v) is 12.8. The maximum absolute atomic E-state index is 3.85. The van der Waals surface area contributed by atoms with Gasteiger partial charge in [0.2, 0.25) is 0 Å². The Morgan fingerprint density at radius 3 is 1.31 bits per heavy atom. The maximum Gasteiger partial charge on any atom is 2.00 e. The molecule has 0 bridgehead atoms. The monoisotopic (exact) mass is 356 g/mol. The predicted octanol–water partition coefficient (Wildman–Crippen LogP) is 2.56. The summed E-state index contributed by atoms with van der Waals surface area (Å²) in [7, 11) is 3.50. The Kier molecular flexibility index (Phi) is 18.6. The van der Waals surface area contributed by atoms with Crippen LogP contribution in [-0.2, 0) is 21.1 Å². The first-order chi connectivity index (χ1) is 5.51. The van der Waals surface area contributed by atoms with Gasteiger partial charge in [0.15, 0.2) is 0 Å². The van der Waals surface area contributed by atoms with E-state index in [2.05, 4.69) is 44.8 Å². The summed E-state index contributed by atoms with van der Waals surface area (Å²) in [6.45, 7) is 13.6. The van der Waals surface area contributed by atoms with Crippen molar-refractivity contribution in [2.45, 2.75) is 39.8 Å². The van der Waals surface area contributed by atoms with Gasteiger partial charge in [-0.15, -0.1) is 6.54 Å². The van der Waals surface area contributed by atoms with E-state index in [-0.39, 0.29) is 21.1 Å². The normalized spacial score (nSPS) is 9.69. The van der Waals surface area contributed by atoms with E-state index in [1.165, 1.54) is 0 Å². The smallest absolute Gasteiger partial charge is 0.668 e. The van der Waals surface area contributed by atoms with Gasteiger partial charge in [-0.25, -0.2) is 0 Å². The standard InChI is InChI=1S/C8H18N.C2H6N.W/c1-6-9(7(2)3)8(4)5;1-3-2;/h7-8H,1,6H2,2-5H3;1-2H3;/q2*-1;+2. The molecular weight excluding hydrogens is 332 g/mol. The van der Waals surface area contributed by atoms with Crippen molar-refractivity contribution in [3.63, 3.8) is 0 Å². The van der Waals surface area contributed by atoms with Crippen molar-refractivity contribution in [3.8, 4) is 0 Å². The fourth-order valence-electron chi connectivity index (χ4n) is 1.11. The second-order valence-electron chi connectivity index (χ2n) is 3.37. The quantitative estimate of drug-likeness (QED) is 0.711. The van der Waals surface area contributed by atoms with Crippen molar-refractivity contribution in [2.24, 2.45) is 0 Å². The summed E-state index contributed by atoms with van der Waals surface area (Å²) in [4.78, 5) is 2.35. The van der Waals surface area contributed by atoms with Crippen LogP contribution >= 0.6 is 0 Å². The zero-order chi connectivity index (χ0) is 10.1. The Morgan fingerprint density at radius 1 is 1.08 bits per heavy atom. The van der Waals surface area contributed by atoms with Crippen LogP contribution in [0.3, 0.4) is 0 Å². The van der Waals surface area contributed by atoms with Crippen LogP contribution in [0.15, 0.2) is 0 Å². The van der Waals surface area contributed by atoms with Gasteiger partial charge in [0.25, 0.3) is 0 Å². The first-order valence-electron chi connectivity index (χ1n) is 4.54. The molecule has 0 atom stereocenters. The van der Waals surface area contributed by atoms with Crippen LogP contribution in [0.2, 0.25) is 0 Å². The van der Waals surface area contributed by atoms with Gasteiger partial charge < -0.3 is 17.1 Å². The van der Waals surface area contributed by atoms with Gasteiger partial charge in [-0.1, -0.05) is 0 Å². The summed E-state index contributed by atoms with van der Waals surface area (Å²) in [5.74, 6) is 0. The van der Waals surface area contributed by atoms with Crippen LogP contribution < -0.4 is 0 Å². The minimum Gasteiger partial charge on any atom is -0.668 e. The Morgan fingerprint density at radius 2 is 1.31 bits per heavy atom. The summed E-state index contributed by atoms with van der Waals surface area (Å²) in [6.07, 6.45) is 0. The third-order valence-electron chi connectivity index (χ3n) is 1.58. The topological polar surface area (TPSA) is 17.3 Å². The van der Waals surface area contributed by atoms with E-state index in [4.69, 9.17) is 0 Å². The molecule has 80 valence electrons. The van der Waals surface area contributed by atoms with E-state index in [9.17, 15) is 0 Å². The SMILES string of the molecule is C[N-]C.[CH2-]CN(C(C)C)C(C)C.[W+2]. The van der Waals surface area contributed by atoms with E-state index < -0.39 is 0 Å². The van der Waals surface area contributed by atoms with Gasteiger partial charge >= 0.3 is 21.1 Å². The van der Waals surface area contributed by atoms with E-state index in [1.54, 1.807) is 14.1 Å². The van der Waals surface area contributed by atoms with Crippen molar-refractivity contribution in [1.29, 1.82) is 0 Å². The number of hydrogen-bond donors (Lipinski definition) is 0. The van der Waals surface area contributed by atoms with E-state index in [0.29, 0.717) is 12.1 Å². The minimum atomic E-state index is 0. The molecular formula is C10H24N2W. The average Bonchev–Trinajstić information content (AvgIpc) is 1.88. The van der Waals surface area contributed by atoms with Crippen LogP contribution in [0.1, 0.15) is 27.7 Å². The van der Waals surface area contributed by atoms with Crippen molar-refractivity contribution < 1.29 is 21.1 Å². The van der Waals surface area contributed by atoms with Gasteiger partial charge in [0.1, 0.15) is 0 Å². The molecule has 0 amide bonds. The minimum absolute atomic E-state index is 0. The molecule has 0 aliphatic rings. The fourth-order valence-corrected chi connectivity index (χ4v) is 1.11. The molecule has 0 aromatic heterocycles. The maximum atomic E-state index is 3.85. The summed E-state index contributed by atoms with van der Waals surface area (Å²) in [6, 6.07) is 1.25. The summed E-state index contributed by atoms with van der Waals surface area (Å²) < 4.78 is 0. The number of nitrogens with zero attached hydrogens (tertiary/aromatic N) is 2. The molecule has 13 heavy (non-hydrogen) atoms. The van der Waals surface area contributed by atoms with Crippen LogP contribution in [0.25, 0.3) is 5.32 Å². The molecule has 0 rings (SSSR count). The van der Waals surface area contributed by atoms with Crippen LogP contribution in [-0.4, -0.2) is 37.6 Å². The molecule has 0 saturated carbocycles. The zero-order valence-electron chi connectivity index (χ0n) is 9.87. The molecule has 0 spiro atoms. The van der Waals surface area contributed by atoms with Gasteiger partial charge in [0.05, 0.1) is 0 Å². The molecule has 0 aliphatic carbocycles. The molecule has 0 N–H and O–H groups in total. The van der Waals surface area contributed by atoms with Crippen molar-refractivity contribution >= 4 is 0 Å². The molecule has 0 aromatic rings. The van der Waals surface area contributed by atoms with Crippen LogP contribution in [0, 0.1) is 6.92 Å². The van der Waals surface area contributed by atoms with Crippen molar-refractivity contribution in [1.82, 2.24) is 4.90 Å². The van der Waals surface area contributed by atoms with E-state index in [1.807, 2.05) is 0 Å². The van der Waals surface area contributed by atoms with Gasteiger partial charge in [0, 0.05) is 12.1 Å². The predicted molar refractivity (Wildman–Crippen MR) is 57.5 cm³/mol. The average molecular weight is 356 g/mol. The summed E-state index contributed by atoms with van der Waals surface area (Å²) in [5.41, 5.74) is 0. The molecule has 0 heterocycles. The van der Waals surface area contributed by atoms with Gasteiger partial charge in [-0.3, -0.25) is 0 Å². The number of hydrogen-bond acceptors (Lipinski definition) is 1. The Bertz CT molecular complexity index is 77.0. The third kappa shape index (κ3) is 12.6. The number of rotatable bonds is 3. The first-order valence-corrected chi connectivity index (χ1v) is 4.54. The first kappa shape index (κ1) is 19.2. The van der Waals surface area contributed by atoms with E-state index in [0.717, 1.165) is 6.54 Å². The van der Waals surface area contributed by atoms with Crippen molar-refractivity contribution in [2.75, 3.05) is 20.6 Å². The summed E-state index contributed by atoms with van der Waals surface area (Å²) in [5, 5.41) is 3.50. The second-order valence-corrected chi connectivity index (χ2v) is 3.37. The molecule has 0 aliphatic heterocycles. The molecule has 2 nitrogen and oxygen atoms in total. The molecule has 0 unspecified atom stereocenters. The van der Waals surface area contributed by atoms with E-state index >= 15 is 0 Å². The van der Waals surface area contributed by atoms with Crippen LogP contribution in [0.5, 0.6) is 0 Å². The van der Waals surface area contributed by atoms with Crippen molar-refractivity contribution in [3.05, 3.63) is 12.2 Å². The largest absolute Gasteiger partial charge is 2.00 e. The molecule has 0 aromatic carbocycles. The third-order valence-corrected chi connectivity index (χ3v) is 1.58. The molecule has 3 heteroatoms. The Labute approximate surface area is 98.7 Å². The molecule has 0 saturated heterocycles.